The van der Waals surface area contributed by atoms with Gasteiger partial charge in [0.25, 0.3) is 0 Å². The van der Waals surface area contributed by atoms with E-state index >= 15 is 0 Å². The molecule has 0 amide bonds. The number of ketones is 1. The molecule has 0 heterocycles. The van der Waals surface area contributed by atoms with Gasteiger partial charge in [-0.1, -0.05) is 0 Å². The standard InChI is InChI=1S/C23H32N2O5/c1-17(28)15-25(16-18(2)29)22-9-5-20(6-10-22)23(30)19-3-7-21(8-4-19)24(11-13-26)12-14-27/h3-10,17-18,26-29H,11-16H2,1-2H3. The second-order valence-corrected chi connectivity index (χ2v) is 7.46. The number of hydrogen-bond acceptors (Lipinski definition) is 7. The molecule has 2 unspecified atom stereocenters. The van der Waals surface area contributed by atoms with Crippen molar-refractivity contribution >= 4 is 17.2 Å². The van der Waals surface area contributed by atoms with Crippen LogP contribution in [-0.4, -0.2) is 77.8 Å². The van der Waals surface area contributed by atoms with E-state index in [1.165, 1.54) is 0 Å². The second-order valence-electron chi connectivity index (χ2n) is 7.46. The molecule has 0 fully saturated rings. The fraction of sp³-hybridized carbons (Fsp3) is 0.435. The minimum Gasteiger partial charge on any atom is -0.395 e. The Bertz CT molecular complexity index is 759. The van der Waals surface area contributed by atoms with E-state index in [4.69, 9.17) is 10.2 Å². The Balaban J connectivity index is 2.14. The molecule has 0 aliphatic heterocycles. The van der Waals surface area contributed by atoms with E-state index < -0.39 is 12.2 Å². The van der Waals surface area contributed by atoms with Crippen molar-refractivity contribution in [3.8, 4) is 0 Å². The molecule has 0 bridgehead atoms. The first-order valence-electron chi connectivity index (χ1n) is 10.2. The topological polar surface area (TPSA) is 104 Å². The number of benzene rings is 2. The molecule has 30 heavy (non-hydrogen) atoms. The van der Waals surface area contributed by atoms with E-state index in [1.54, 1.807) is 50.2 Å². The predicted molar refractivity (Wildman–Crippen MR) is 118 cm³/mol. The van der Waals surface area contributed by atoms with Crippen molar-refractivity contribution in [2.45, 2.75) is 26.1 Å². The molecule has 0 aromatic heterocycles. The molecule has 0 saturated heterocycles. The van der Waals surface area contributed by atoms with Crippen LogP contribution in [0.15, 0.2) is 48.5 Å². The van der Waals surface area contributed by atoms with Gasteiger partial charge in [-0.05, 0) is 62.4 Å². The van der Waals surface area contributed by atoms with E-state index in [9.17, 15) is 15.0 Å². The highest BCUT2D eigenvalue weighted by molar-refractivity contribution is 6.09. The maximum Gasteiger partial charge on any atom is 0.193 e. The molecule has 0 saturated carbocycles. The zero-order valence-electron chi connectivity index (χ0n) is 17.6. The number of anilines is 2. The lowest BCUT2D eigenvalue weighted by atomic mass is 10.0. The van der Waals surface area contributed by atoms with Gasteiger partial charge in [-0.15, -0.1) is 0 Å². The summed E-state index contributed by atoms with van der Waals surface area (Å²) in [6.07, 6.45) is -1.08. The summed E-state index contributed by atoms with van der Waals surface area (Å²) >= 11 is 0. The molecule has 0 aliphatic carbocycles. The van der Waals surface area contributed by atoms with E-state index in [0.717, 1.165) is 11.4 Å². The van der Waals surface area contributed by atoms with Crippen molar-refractivity contribution in [3.63, 3.8) is 0 Å². The third-order valence-electron chi connectivity index (χ3n) is 4.70. The van der Waals surface area contributed by atoms with Crippen LogP contribution in [0.2, 0.25) is 0 Å². The molecule has 164 valence electrons. The maximum atomic E-state index is 12.8. The predicted octanol–water partition coefficient (Wildman–Crippen LogP) is 1.28. The minimum atomic E-state index is -0.542. The molecule has 2 rings (SSSR count). The van der Waals surface area contributed by atoms with Crippen LogP contribution in [0.3, 0.4) is 0 Å². The van der Waals surface area contributed by atoms with Crippen molar-refractivity contribution in [2.24, 2.45) is 0 Å². The molecule has 7 nitrogen and oxygen atoms in total. The number of aliphatic hydroxyl groups is 4. The van der Waals surface area contributed by atoms with Gasteiger partial charge >= 0.3 is 0 Å². The van der Waals surface area contributed by atoms with Gasteiger partial charge in [-0.2, -0.15) is 0 Å². The zero-order chi connectivity index (χ0) is 22.1. The SMILES string of the molecule is CC(O)CN(CC(C)O)c1ccc(C(=O)c2ccc(N(CCO)CCO)cc2)cc1. The van der Waals surface area contributed by atoms with Gasteiger partial charge in [0.1, 0.15) is 0 Å². The Morgan fingerprint density at radius 1 is 0.733 bits per heavy atom. The fourth-order valence-corrected chi connectivity index (χ4v) is 3.35. The van der Waals surface area contributed by atoms with Crippen molar-refractivity contribution < 1.29 is 25.2 Å². The summed E-state index contributed by atoms with van der Waals surface area (Å²) in [5, 5.41) is 37.7. The van der Waals surface area contributed by atoms with Crippen LogP contribution in [0, 0.1) is 0 Å². The van der Waals surface area contributed by atoms with Crippen LogP contribution in [0.1, 0.15) is 29.8 Å². The third kappa shape index (κ3) is 6.81. The fourth-order valence-electron chi connectivity index (χ4n) is 3.35. The molecule has 2 aromatic carbocycles. The van der Waals surface area contributed by atoms with E-state index in [-0.39, 0.29) is 19.0 Å². The van der Waals surface area contributed by atoms with Gasteiger partial charge in [0.2, 0.25) is 0 Å². The average Bonchev–Trinajstić information content (AvgIpc) is 2.72. The van der Waals surface area contributed by atoms with Crippen LogP contribution in [0.4, 0.5) is 11.4 Å². The Kier molecular flexibility index (Phi) is 9.26. The Morgan fingerprint density at radius 2 is 1.10 bits per heavy atom. The molecule has 4 N–H and O–H groups in total. The summed E-state index contributed by atoms with van der Waals surface area (Å²) in [5.74, 6) is -0.110. The quantitative estimate of drug-likeness (QED) is 0.386. The Hall–Kier alpha value is -2.45. The van der Waals surface area contributed by atoms with Crippen LogP contribution in [-0.2, 0) is 0 Å². The number of rotatable bonds is 12. The number of aliphatic hydroxyl groups excluding tert-OH is 4. The van der Waals surface area contributed by atoms with Gasteiger partial charge < -0.3 is 30.2 Å². The first-order valence-corrected chi connectivity index (χ1v) is 10.2. The Labute approximate surface area is 177 Å². The molecular weight excluding hydrogens is 384 g/mol. The Morgan fingerprint density at radius 3 is 1.43 bits per heavy atom. The third-order valence-corrected chi connectivity index (χ3v) is 4.70. The van der Waals surface area contributed by atoms with Gasteiger partial charge in [-0.25, -0.2) is 0 Å². The summed E-state index contributed by atoms with van der Waals surface area (Å²) in [6.45, 7) is 4.94. The lowest BCUT2D eigenvalue weighted by molar-refractivity contribution is 0.103. The first-order chi connectivity index (χ1) is 14.3. The van der Waals surface area contributed by atoms with E-state index in [1.807, 2.05) is 21.9 Å². The first kappa shape index (κ1) is 23.8. The highest BCUT2D eigenvalue weighted by atomic mass is 16.3. The van der Waals surface area contributed by atoms with E-state index in [2.05, 4.69) is 0 Å². The largest absolute Gasteiger partial charge is 0.395 e. The van der Waals surface area contributed by atoms with Crippen molar-refractivity contribution in [1.82, 2.24) is 0 Å². The number of carbonyl (C=O) groups is 1. The maximum absolute atomic E-state index is 12.8. The molecule has 2 aromatic rings. The molecule has 0 aliphatic rings. The zero-order valence-corrected chi connectivity index (χ0v) is 17.6. The van der Waals surface area contributed by atoms with Crippen LogP contribution in [0.5, 0.6) is 0 Å². The monoisotopic (exact) mass is 416 g/mol. The van der Waals surface area contributed by atoms with Crippen molar-refractivity contribution in [3.05, 3.63) is 59.7 Å². The molecule has 2 atom stereocenters. The highest BCUT2D eigenvalue weighted by Crippen LogP contribution is 2.20. The molecule has 7 heteroatoms. The van der Waals surface area contributed by atoms with Crippen LogP contribution in [0.25, 0.3) is 0 Å². The average molecular weight is 417 g/mol. The second kappa shape index (κ2) is 11.7. The van der Waals surface area contributed by atoms with Crippen molar-refractivity contribution in [2.75, 3.05) is 49.2 Å². The molecule has 0 spiro atoms. The number of hydrogen-bond donors (Lipinski definition) is 4. The summed E-state index contributed by atoms with van der Waals surface area (Å²) in [4.78, 5) is 16.6. The van der Waals surface area contributed by atoms with Gasteiger partial charge in [0.05, 0.1) is 25.4 Å². The number of carbonyl (C=O) groups excluding carboxylic acids is 1. The lowest BCUT2D eigenvalue weighted by Gasteiger charge is -2.27. The summed E-state index contributed by atoms with van der Waals surface area (Å²) in [6, 6.07) is 14.2. The summed E-state index contributed by atoms with van der Waals surface area (Å²) in [7, 11) is 0. The highest BCUT2D eigenvalue weighted by Gasteiger charge is 2.14. The summed E-state index contributed by atoms with van der Waals surface area (Å²) in [5.41, 5.74) is 2.75. The van der Waals surface area contributed by atoms with Crippen molar-refractivity contribution in [1.29, 1.82) is 0 Å². The smallest absolute Gasteiger partial charge is 0.193 e. The minimum absolute atomic E-state index is 0.0197. The normalized spacial score (nSPS) is 13.0. The summed E-state index contributed by atoms with van der Waals surface area (Å²) < 4.78 is 0. The number of nitrogens with zero attached hydrogens (tertiary/aromatic N) is 2. The van der Waals surface area contributed by atoms with Gasteiger partial charge in [0.15, 0.2) is 5.78 Å². The van der Waals surface area contributed by atoms with Gasteiger partial charge in [0, 0.05) is 48.7 Å². The van der Waals surface area contributed by atoms with E-state index in [0.29, 0.717) is 37.3 Å². The lowest BCUT2D eigenvalue weighted by Crippen LogP contribution is -2.36. The van der Waals surface area contributed by atoms with Crippen LogP contribution >= 0.6 is 0 Å². The molecular formula is C23H32N2O5. The molecule has 0 radical (unpaired) electrons. The van der Waals surface area contributed by atoms with Crippen LogP contribution < -0.4 is 9.80 Å². The van der Waals surface area contributed by atoms with Gasteiger partial charge in [-0.3, -0.25) is 4.79 Å².